The van der Waals surface area contributed by atoms with Crippen LogP contribution in [0.25, 0.3) is 22.0 Å². The van der Waals surface area contributed by atoms with Gasteiger partial charge in [-0.1, -0.05) is 12.1 Å². The minimum Gasteiger partial charge on any atom is -0.378 e. The normalized spacial score (nSPS) is 16.2. The van der Waals surface area contributed by atoms with Gasteiger partial charge in [-0.15, -0.1) is 0 Å². The average molecular weight is 925 g/mol. The van der Waals surface area contributed by atoms with Crippen molar-refractivity contribution in [3.63, 3.8) is 0 Å². The lowest BCUT2D eigenvalue weighted by molar-refractivity contribution is -0.137. The molecule has 18 nitrogen and oxygen atoms in total. The number of benzene rings is 1. The number of pyridine rings is 1. The van der Waals surface area contributed by atoms with Crippen molar-refractivity contribution in [3.8, 4) is 11.1 Å². The fourth-order valence-electron chi connectivity index (χ4n) is 6.88. The van der Waals surface area contributed by atoms with Crippen molar-refractivity contribution in [1.29, 1.82) is 0 Å². The van der Waals surface area contributed by atoms with Gasteiger partial charge in [0.2, 0.25) is 17.7 Å². The van der Waals surface area contributed by atoms with E-state index in [0.717, 1.165) is 18.4 Å². The predicted octanol–water partition coefficient (Wildman–Crippen LogP) is 2.95. The van der Waals surface area contributed by atoms with Crippen molar-refractivity contribution in [2.75, 3.05) is 77.8 Å². The molecule has 332 valence electrons. The first-order valence-electron chi connectivity index (χ1n) is 20.5. The Balaban J connectivity index is 0.954. The van der Waals surface area contributed by atoms with Crippen molar-refractivity contribution in [3.05, 3.63) is 64.4 Å². The summed E-state index contributed by atoms with van der Waals surface area (Å²) >= 11 is 3.35. The van der Waals surface area contributed by atoms with Crippen LogP contribution in [0, 0.1) is 0 Å². The molecule has 2 aliphatic rings. The predicted molar refractivity (Wildman–Crippen MR) is 227 cm³/mol. The number of halogens is 2. The highest BCUT2D eigenvalue weighted by Gasteiger charge is 2.41. The molecule has 0 unspecified atom stereocenters. The number of aromatic nitrogens is 5. The number of carbonyl (C=O) groups excluding carboxylic acids is 5. The topological polar surface area (TPSA) is 232 Å². The van der Waals surface area contributed by atoms with E-state index in [1.807, 2.05) is 12.1 Å². The maximum absolute atomic E-state index is 14.8. The number of aryl methyl sites for hydroxylation is 1. The Morgan fingerprint density at radius 1 is 0.919 bits per heavy atom. The zero-order chi connectivity index (χ0) is 44.0. The van der Waals surface area contributed by atoms with Crippen LogP contribution in [-0.4, -0.2) is 144 Å². The second-order valence-corrected chi connectivity index (χ2v) is 15.7. The van der Waals surface area contributed by atoms with Crippen LogP contribution in [0.1, 0.15) is 60.4 Å². The number of nitrogens with zero attached hydrogens (tertiary/aromatic N) is 6. The lowest BCUT2D eigenvalue weighted by atomic mass is 10.0. The van der Waals surface area contributed by atoms with E-state index in [4.69, 9.17) is 24.7 Å². The lowest BCUT2D eigenvalue weighted by Gasteiger charge is -2.24. The molecule has 2 atom stereocenters. The van der Waals surface area contributed by atoms with Gasteiger partial charge in [0, 0.05) is 62.6 Å². The fourth-order valence-corrected chi connectivity index (χ4v) is 7.19. The molecular weight excluding hydrogens is 873 g/mol. The van der Waals surface area contributed by atoms with Gasteiger partial charge in [-0.3, -0.25) is 28.7 Å². The molecule has 4 aromatic rings. The highest BCUT2D eigenvalue weighted by molar-refractivity contribution is 9.10. The van der Waals surface area contributed by atoms with Crippen LogP contribution >= 0.6 is 15.9 Å². The van der Waals surface area contributed by atoms with Gasteiger partial charge in [-0.05, 0) is 64.0 Å². The third kappa shape index (κ3) is 13.2. The first kappa shape index (κ1) is 46.4. The molecule has 20 heteroatoms. The number of fused-ring (bicyclic) bond motifs is 1. The lowest BCUT2D eigenvalue weighted by Crippen LogP contribution is -2.44. The summed E-state index contributed by atoms with van der Waals surface area (Å²) in [4.78, 5) is 78.6. The number of anilines is 1. The molecule has 3 amide bonds. The summed E-state index contributed by atoms with van der Waals surface area (Å²) in [5.74, 6) is -0.552. The largest absolute Gasteiger partial charge is 0.378 e. The summed E-state index contributed by atoms with van der Waals surface area (Å²) in [6.07, 6.45) is 4.19. The van der Waals surface area contributed by atoms with Crippen LogP contribution in [0.15, 0.2) is 47.3 Å². The Hall–Kier alpha value is -5.12. The fraction of sp³-hybridized carbons (Fsp3) is 0.500. The second kappa shape index (κ2) is 22.8. The number of amides is 3. The van der Waals surface area contributed by atoms with Gasteiger partial charge in [0.25, 0.3) is 0 Å². The summed E-state index contributed by atoms with van der Waals surface area (Å²) in [6.45, 7) is 3.28. The van der Waals surface area contributed by atoms with E-state index in [-0.39, 0.29) is 82.1 Å². The molecule has 1 aromatic carbocycles. The zero-order valence-electron chi connectivity index (χ0n) is 34.5. The number of rotatable bonds is 25. The molecule has 1 aliphatic heterocycles. The molecule has 4 heterocycles. The molecule has 2 fully saturated rings. The van der Waals surface area contributed by atoms with E-state index in [2.05, 4.69) is 46.6 Å². The minimum absolute atomic E-state index is 0.0735. The van der Waals surface area contributed by atoms with Crippen LogP contribution in [0.2, 0.25) is 0 Å². The summed E-state index contributed by atoms with van der Waals surface area (Å²) in [6, 6.07) is 7.97. The van der Waals surface area contributed by atoms with Crippen molar-refractivity contribution in [2.45, 2.75) is 63.7 Å². The third-order valence-electron chi connectivity index (χ3n) is 10.1. The maximum Gasteiger partial charge on any atom is 0.248 e. The Kier molecular flexibility index (Phi) is 17.1. The molecule has 6 rings (SSSR count). The molecule has 0 bridgehead atoms. The van der Waals surface area contributed by atoms with Crippen LogP contribution in [0.5, 0.6) is 0 Å². The highest BCUT2D eigenvalue weighted by atomic mass is 79.9. The molecule has 4 N–H and O–H groups in total. The van der Waals surface area contributed by atoms with Gasteiger partial charge < -0.3 is 40.2 Å². The number of nitrogens with one attached hydrogen (secondary N) is 2. The monoisotopic (exact) mass is 923 g/mol. The Morgan fingerprint density at radius 2 is 1.65 bits per heavy atom. The van der Waals surface area contributed by atoms with E-state index in [1.165, 1.54) is 16.5 Å². The van der Waals surface area contributed by atoms with Gasteiger partial charge in [-0.25, -0.2) is 19.3 Å². The molecule has 62 heavy (non-hydrogen) atoms. The second-order valence-electron chi connectivity index (χ2n) is 14.9. The number of ketones is 2. The average Bonchev–Trinajstić information content (AvgIpc) is 3.92. The molecule has 3 aromatic heterocycles. The van der Waals surface area contributed by atoms with Crippen molar-refractivity contribution in [1.82, 2.24) is 34.9 Å². The Morgan fingerprint density at radius 3 is 2.37 bits per heavy atom. The molecule has 1 aliphatic carbocycles. The van der Waals surface area contributed by atoms with Gasteiger partial charge in [0.15, 0.2) is 11.6 Å². The standard InChI is InChI=1S/C42H51BrFN9O9/c1-26(54)40-33-18-28(29-20-47-37(48-21-29)9-5-31(55)24-61-16-15-60-13-11-46-38(56)25-62-17-14-59-12-10-45)4-7-34(33)53(51-40)23-39(57)52-22-30(44)19-35(52)42(58)50-41-32(27-2-3-27)6-8-36(43)49-41/h4,6-8,18,20-21,27,30,35H,2-3,5,9-17,19,22-25,45H2,1H3,(H,46,56)(H,49,50,58)/t30-,35+/m1/s1. The summed E-state index contributed by atoms with van der Waals surface area (Å²) in [5.41, 5.74) is 8.25. The van der Waals surface area contributed by atoms with Crippen LogP contribution in [0.3, 0.4) is 0 Å². The first-order valence-corrected chi connectivity index (χ1v) is 21.3. The summed E-state index contributed by atoms with van der Waals surface area (Å²) in [7, 11) is 0. The quantitative estimate of drug-likeness (QED) is 0.0493. The van der Waals surface area contributed by atoms with Crippen molar-refractivity contribution in [2.24, 2.45) is 5.73 Å². The van der Waals surface area contributed by atoms with Gasteiger partial charge >= 0.3 is 0 Å². The molecule has 1 saturated carbocycles. The van der Waals surface area contributed by atoms with E-state index in [9.17, 15) is 28.4 Å². The Labute approximate surface area is 365 Å². The number of ether oxygens (including phenoxy) is 4. The van der Waals surface area contributed by atoms with Crippen molar-refractivity contribution < 1.29 is 47.3 Å². The third-order valence-corrected chi connectivity index (χ3v) is 10.6. The maximum atomic E-state index is 14.8. The highest BCUT2D eigenvalue weighted by Crippen LogP contribution is 2.43. The SMILES string of the molecule is CC(=O)c1nn(CC(=O)N2C[C@H](F)C[C@H]2C(=O)Nc2nc(Br)ccc2C2CC2)c2ccc(-c3cnc(CCC(=O)COCCOCCNC(=O)COCCOCCN)nc3)cc12. The smallest absolute Gasteiger partial charge is 0.248 e. The molecule has 1 saturated heterocycles. The number of nitrogens with two attached hydrogens (primary N) is 1. The number of Topliss-reactive ketones (excluding diaryl/α,β-unsaturated/α-hetero) is 2. The van der Waals surface area contributed by atoms with Crippen molar-refractivity contribution >= 4 is 61.9 Å². The number of likely N-dealkylation sites (tertiary alicyclic amines) is 1. The van der Waals surface area contributed by atoms with Crippen LogP contribution < -0.4 is 16.4 Å². The van der Waals surface area contributed by atoms with Crippen LogP contribution in [-0.2, 0) is 51.1 Å². The zero-order valence-corrected chi connectivity index (χ0v) is 36.1. The van der Waals surface area contributed by atoms with Gasteiger partial charge in [-0.2, -0.15) is 5.10 Å². The molecular formula is C42H51BrFN9O9. The molecule has 0 radical (unpaired) electrons. The summed E-state index contributed by atoms with van der Waals surface area (Å²) in [5, 5.41) is 10.5. The number of hydrogen-bond acceptors (Lipinski definition) is 14. The number of hydrogen-bond donors (Lipinski definition) is 3. The minimum atomic E-state index is -1.39. The summed E-state index contributed by atoms with van der Waals surface area (Å²) < 4.78 is 38.0. The first-order chi connectivity index (χ1) is 30.0. The Bertz CT molecular complexity index is 2210. The molecule has 0 spiro atoms. The number of carbonyl (C=O) groups is 5. The van der Waals surface area contributed by atoms with Gasteiger partial charge in [0.05, 0.1) is 51.7 Å². The van der Waals surface area contributed by atoms with E-state index in [0.29, 0.717) is 83.5 Å². The van der Waals surface area contributed by atoms with E-state index < -0.39 is 24.0 Å². The van der Waals surface area contributed by atoms with Gasteiger partial charge in [0.1, 0.15) is 53.9 Å². The number of alkyl halides is 1. The van der Waals surface area contributed by atoms with E-state index in [1.54, 1.807) is 30.6 Å². The van der Waals surface area contributed by atoms with E-state index >= 15 is 0 Å². The van der Waals surface area contributed by atoms with Crippen LogP contribution in [0.4, 0.5) is 10.2 Å².